The smallest absolute Gasteiger partial charge is 0.238 e. The van der Waals surface area contributed by atoms with Gasteiger partial charge in [0.25, 0.3) is 0 Å². The molecule has 1 aromatic rings. The second-order valence-electron chi connectivity index (χ2n) is 3.94. The Labute approximate surface area is 119 Å². The fourth-order valence-corrected chi connectivity index (χ4v) is 1.95. The van der Waals surface area contributed by atoms with Crippen LogP contribution >= 0.6 is 0 Å². The molecule has 0 saturated carbocycles. The zero-order chi connectivity index (χ0) is 15.0. The highest BCUT2D eigenvalue weighted by Crippen LogP contribution is 2.09. The van der Waals surface area contributed by atoms with Gasteiger partial charge in [-0.05, 0) is 24.6 Å². The van der Waals surface area contributed by atoms with Crippen molar-refractivity contribution in [3.05, 3.63) is 29.8 Å². The van der Waals surface area contributed by atoms with Gasteiger partial charge in [0.15, 0.2) is 5.96 Å². The van der Waals surface area contributed by atoms with E-state index in [9.17, 15) is 8.42 Å². The molecule has 20 heavy (non-hydrogen) atoms. The predicted octanol–water partition coefficient (Wildman–Crippen LogP) is 0.0223. The van der Waals surface area contributed by atoms with Crippen LogP contribution in [0, 0.1) is 12.3 Å². The summed E-state index contributed by atoms with van der Waals surface area (Å²) in [5.41, 5.74) is 0.871. The van der Waals surface area contributed by atoms with Crippen molar-refractivity contribution in [2.75, 3.05) is 13.1 Å². The molecule has 0 unspecified atom stereocenters. The van der Waals surface area contributed by atoms with Crippen LogP contribution in [0.4, 0.5) is 0 Å². The Kier molecular flexibility index (Phi) is 6.03. The van der Waals surface area contributed by atoms with Crippen LogP contribution in [0.3, 0.4) is 0 Å². The molecule has 6 nitrogen and oxygen atoms in total. The van der Waals surface area contributed by atoms with Crippen LogP contribution in [0.15, 0.2) is 34.2 Å². The topological polar surface area (TPSA) is 96.6 Å². The van der Waals surface area contributed by atoms with E-state index in [0.717, 1.165) is 12.1 Å². The van der Waals surface area contributed by atoms with Crippen molar-refractivity contribution in [3.8, 4) is 12.3 Å². The Morgan fingerprint density at radius 1 is 1.35 bits per heavy atom. The summed E-state index contributed by atoms with van der Waals surface area (Å²) < 4.78 is 22.3. The quantitative estimate of drug-likeness (QED) is 0.405. The first-order chi connectivity index (χ1) is 9.47. The van der Waals surface area contributed by atoms with Crippen LogP contribution in [0.5, 0.6) is 0 Å². The molecular weight excluding hydrogens is 276 g/mol. The van der Waals surface area contributed by atoms with Crippen molar-refractivity contribution < 1.29 is 8.42 Å². The number of hydrogen-bond acceptors (Lipinski definition) is 3. The lowest BCUT2D eigenvalue weighted by Gasteiger charge is -2.08. The second-order valence-corrected chi connectivity index (χ2v) is 5.50. The molecule has 4 N–H and O–H groups in total. The molecule has 0 atom stereocenters. The van der Waals surface area contributed by atoms with E-state index in [0.29, 0.717) is 19.0 Å². The van der Waals surface area contributed by atoms with Gasteiger partial charge in [-0.2, -0.15) is 0 Å². The van der Waals surface area contributed by atoms with Gasteiger partial charge in [-0.25, -0.2) is 18.5 Å². The van der Waals surface area contributed by atoms with E-state index in [4.69, 9.17) is 11.6 Å². The molecule has 0 bridgehead atoms. The molecule has 0 heterocycles. The highest BCUT2D eigenvalue weighted by atomic mass is 32.2. The molecule has 0 aliphatic rings. The van der Waals surface area contributed by atoms with Gasteiger partial charge in [-0.3, -0.25) is 0 Å². The molecule has 0 amide bonds. The number of terminal acetylenes is 1. The first-order valence-corrected chi connectivity index (χ1v) is 7.59. The third kappa shape index (κ3) is 5.30. The number of nitrogens with two attached hydrogens (primary N) is 1. The van der Waals surface area contributed by atoms with Crippen LogP contribution in [-0.2, 0) is 16.6 Å². The molecule has 108 valence electrons. The van der Waals surface area contributed by atoms with Crippen molar-refractivity contribution in [1.29, 1.82) is 0 Å². The summed E-state index contributed by atoms with van der Waals surface area (Å²) in [5.74, 6) is 3.08. The minimum Gasteiger partial charge on any atom is -0.357 e. The van der Waals surface area contributed by atoms with E-state index in [1.165, 1.54) is 12.1 Å². The number of nitrogens with zero attached hydrogens (tertiary/aromatic N) is 1. The van der Waals surface area contributed by atoms with Crippen LogP contribution in [-0.4, -0.2) is 27.5 Å². The van der Waals surface area contributed by atoms with E-state index in [1.54, 1.807) is 12.1 Å². The lowest BCUT2D eigenvalue weighted by molar-refractivity contribution is 0.598. The van der Waals surface area contributed by atoms with E-state index >= 15 is 0 Å². The fraction of sp³-hybridized carbons (Fsp3) is 0.308. The van der Waals surface area contributed by atoms with Gasteiger partial charge < -0.3 is 10.6 Å². The van der Waals surface area contributed by atoms with Crippen molar-refractivity contribution in [2.45, 2.75) is 18.4 Å². The molecular formula is C13H18N4O2S. The SMILES string of the molecule is C#CCNC(=NCc1ccc(S(N)(=O)=O)cc1)NCC. The van der Waals surface area contributed by atoms with Crippen LogP contribution in [0.25, 0.3) is 0 Å². The Morgan fingerprint density at radius 2 is 2.00 bits per heavy atom. The van der Waals surface area contributed by atoms with Gasteiger partial charge >= 0.3 is 0 Å². The van der Waals surface area contributed by atoms with Crippen molar-refractivity contribution in [1.82, 2.24) is 10.6 Å². The summed E-state index contributed by atoms with van der Waals surface area (Å²) in [4.78, 5) is 4.42. The summed E-state index contributed by atoms with van der Waals surface area (Å²) >= 11 is 0. The van der Waals surface area contributed by atoms with Gasteiger partial charge in [-0.15, -0.1) is 6.42 Å². The normalized spacial score (nSPS) is 11.8. The highest BCUT2D eigenvalue weighted by molar-refractivity contribution is 7.89. The number of hydrogen-bond donors (Lipinski definition) is 3. The maximum atomic E-state index is 11.1. The van der Waals surface area contributed by atoms with Gasteiger partial charge in [0.2, 0.25) is 10.0 Å². The number of rotatable bonds is 5. The average molecular weight is 294 g/mol. The maximum absolute atomic E-state index is 11.1. The molecule has 1 aromatic carbocycles. The Bertz CT molecular complexity index is 600. The monoisotopic (exact) mass is 294 g/mol. The predicted molar refractivity (Wildman–Crippen MR) is 79.5 cm³/mol. The van der Waals surface area contributed by atoms with Crippen LogP contribution in [0.2, 0.25) is 0 Å². The average Bonchev–Trinajstić information content (AvgIpc) is 2.41. The van der Waals surface area contributed by atoms with Gasteiger partial charge in [0.1, 0.15) is 0 Å². The lowest BCUT2D eigenvalue weighted by atomic mass is 10.2. The largest absolute Gasteiger partial charge is 0.357 e. The standard InChI is InChI=1S/C13H18N4O2S/c1-3-9-16-13(15-4-2)17-10-11-5-7-12(8-6-11)20(14,18)19/h1,5-8H,4,9-10H2,2H3,(H2,14,18,19)(H2,15,16,17). The van der Waals surface area contributed by atoms with Gasteiger partial charge in [0.05, 0.1) is 18.0 Å². The zero-order valence-corrected chi connectivity index (χ0v) is 12.1. The number of benzene rings is 1. The molecule has 0 radical (unpaired) electrons. The van der Waals surface area contributed by atoms with Gasteiger partial charge in [0, 0.05) is 6.54 Å². The molecule has 0 fully saturated rings. The minimum atomic E-state index is -3.65. The van der Waals surface area contributed by atoms with Crippen LogP contribution < -0.4 is 15.8 Å². The second kappa shape index (κ2) is 7.53. The first-order valence-electron chi connectivity index (χ1n) is 6.04. The van der Waals surface area contributed by atoms with Crippen molar-refractivity contribution >= 4 is 16.0 Å². The number of aliphatic imine (C=N–C) groups is 1. The third-order valence-electron chi connectivity index (χ3n) is 2.37. The number of nitrogens with one attached hydrogen (secondary N) is 2. The Morgan fingerprint density at radius 3 is 2.50 bits per heavy atom. The first kappa shape index (κ1) is 16.0. The van der Waals surface area contributed by atoms with E-state index in [1.807, 2.05) is 6.92 Å². The fourth-order valence-electron chi connectivity index (χ4n) is 1.43. The van der Waals surface area contributed by atoms with E-state index in [2.05, 4.69) is 21.5 Å². The Balaban J connectivity index is 2.74. The number of sulfonamides is 1. The molecule has 7 heteroatoms. The molecule has 0 saturated heterocycles. The number of guanidine groups is 1. The van der Waals surface area contributed by atoms with Crippen molar-refractivity contribution in [2.24, 2.45) is 10.1 Å². The lowest BCUT2D eigenvalue weighted by Crippen LogP contribution is -2.37. The zero-order valence-electron chi connectivity index (χ0n) is 11.3. The summed E-state index contributed by atoms with van der Waals surface area (Å²) in [5, 5.41) is 11.0. The molecule has 0 aliphatic carbocycles. The van der Waals surface area contributed by atoms with Crippen molar-refractivity contribution in [3.63, 3.8) is 0 Å². The third-order valence-corrected chi connectivity index (χ3v) is 3.30. The maximum Gasteiger partial charge on any atom is 0.238 e. The molecule has 0 aromatic heterocycles. The number of primary sulfonamides is 1. The van der Waals surface area contributed by atoms with Crippen LogP contribution in [0.1, 0.15) is 12.5 Å². The summed E-state index contributed by atoms with van der Waals surface area (Å²) in [6.07, 6.45) is 5.17. The minimum absolute atomic E-state index is 0.0857. The molecule has 1 rings (SSSR count). The van der Waals surface area contributed by atoms with E-state index < -0.39 is 10.0 Å². The van der Waals surface area contributed by atoms with E-state index in [-0.39, 0.29) is 4.90 Å². The molecule has 0 aliphatic heterocycles. The summed E-state index contributed by atoms with van der Waals surface area (Å²) in [6, 6.07) is 6.27. The molecule has 0 spiro atoms. The highest BCUT2D eigenvalue weighted by Gasteiger charge is 2.06. The summed E-state index contributed by atoms with van der Waals surface area (Å²) in [7, 11) is -3.65. The summed E-state index contributed by atoms with van der Waals surface area (Å²) in [6.45, 7) is 3.47. The Hall–Kier alpha value is -2.04. The van der Waals surface area contributed by atoms with Gasteiger partial charge in [-0.1, -0.05) is 18.1 Å².